The molecule has 20 heavy (non-hydrogen) atoms. The van der Waals surface area contributed by atoms with Gasteiger partial charge in [-0.3, -0.25) is 0 Å². The maximum absolute atomic E-state index is 10.3. The van der Waals surface area contributed by atoms with Crippen LogP contribution in [0.25, 0.3) is 0 Å². The monoisotopic (exact) mass is 297 g/mol. The third-order valence-corrected chi connectivity index (χ3v) is 5.10. The molecule has 0 saturated heterocycles. The van der Waals surface area contributed by atoms with Gasteiger partial charge in [-0.25, -0.2) is 0 Å². The molecule has 1 fully saturated rings. The number of methoxy groups -OCH3 is 1. The Balaban J connectivity index is 2.20. The van der Waals surface area contributed by atoms with E-state index >= 15 is 0 Å². The zero-order valence-corrected chi connectivity index (χ0v) is 13.0. The summed E-state index contributed by atoms with van der Waals surface area (Å²) < 4.78 is 5.23. The average Bonchev–Trinajstić information content (AvgIpc) is 2.39. The highest BCUT2D eigenvalue weighted by Gasteiger charge is 2.46. The molecule has 2 unspecified atom stereocenters. The van der Waals surface area contributed by atoms with Crippen LogP contribution in [0, 0.1) is 0 Å². The zero-order valence-electron chi connectivity index (χ0n) is 12.2. The van der Waals surface area contributed by atoms with Crippen molar-refractivity contribution in [3.63, 3.8) is 0 Å². The summed E-state index contributed by atoms with van der Waals surface area (Å²) in [4.78, 5) is 0. The Morgan fingerprint density at radius 3 is 2.40 bits per heavy atom. The van der Waals surface area contributed by atoms with Crippen LogP contribution in [0.15, 0.2) is 24.3 Å². The predicted molar refractivity (Wildman–Crippen MR) is 81.8 cm³/mol. The Morgan fingerprint density at radius 2 is 2.00 bits per heavy atom. The van der Waals surface area contributed by atoms with Crippen LogP contribution in [0.4, 0.5) is 0 Å². The van der Waals surface area contributed by atoms with E-state index in [4.69, 9.17) is 22.1 Å². The second-order valence-corrected chi connectivity index (χ2v) is 6.27. The van der Waals surface area contributed by atoms with Crippen molar-refractivity contribution in [3.05, 3.63) is 34.9 Å². The molecule has 0 spiro atoms. The summed E-state index contributed by atoms with van der Waals surface area (Å²) in [5.74, 6) is -1.13. The Hall–Kier alpha value is -0.610. The number of hydrogen-bond donors (Lipinski definition) is 2. The first-order valence-corrected chi connectivity index (χ1v) is 7.63. The Bertz CT molecular complexity index is 438. The summed E-state index contributed by atoms with van der Waals surface area (Å²) in [6, 6.07) is 7.80. The van der Waals surface area contributed by atoms with E-state index < -0.39 is 5.79 Å². The molecule has 0 radical (unpaired) electrons. The van der Waals surface area contributed by atoms with Crippen LogP contribution in [0.5, 0.6) is 0 Å². The van der Waals surface area contributed by atoms with Crippen molar-refractivity contribution >= 4 is 11.6 Å². The van der Waals surface area contributed by atoms with Gasteiger partial charge in [-0.05, 0) is 37.0 Å². The first-order valence-electron chi connectivity index (χ1n) is 7.25. The fourth-order valence-electron chi connectivity index (χ4n) is 3.12. The standard InChI is InChI=1S/C16H24ClNO2/c1-3-16(19,20-2)11-14(18)15(9-4-10-15)12-5-7-13(17)8-6-12/h5-8,14,19H,3-4,9-11,18H2,1-2H3. The Kier molecular flexibility index (Phi) is 4.75. The second kappa shape index (κ2) is 6.02. The van der Waals surface area contributed by atoms with Crippen molar-refractivity contribution in [2.75, 3.05) is 7.11 Å². The molecule has 1 aliphatic rings. The van der Waals surface area contributed by atoms with Crippen LogP contribution in [0.3, 0.4) is 0 Å². The van der Waals surface area contributed by atoms with Crippen LogP contribution < -0.4 is 5.73 Å². The van der Waals surface area contributed by atoms with Crippen molar-refractivity contribution in [1.29, 1.82) is 0 Å². The number of halogens is 1. The molecule has 2 rings (SSSR count). The highest BCUT2D eigenvalue weighted by molar-refractivity contribution is 6.30. The molecule has 4 heteroatoms. The van der Waals surface area contributed by atoms with Gasteiger partial charge in [-0.15, -0.1) is 0 Å². The first-order chi connectivity index (χ1) is 9.46. The quantitative estimate of drug-likeness (QED) is 0.793. The lowest BCUT2D eigenvalue weighted by Gasteiger charge is -2.48. The SMILES string of the molecule is CCC(O)(CC(N)C1(c2ccc(Cl)cc2)CCC1)OC. The summed E-state index contributed by atoms with van der Waals surface area (Å²) >= 11 is 5.96. The molecule has 0 amide bonds. The lowest BCUT2D eigenvalue weighted by Crippen LogP contribution is -2.54. The molecule has 3 nitrogen and oxygen atoms in total. The van der Waals surface area contributed by atoms with Gasteiger partial charge in [0.25, 0.3) is 0 Å². The lowest BCUT2D eigenvalue weighted by molar-refractivity contribution is -0.197. The minimum Gasteiger partial charge on any atom is -0.365 e. The summed E-state index contributed by atoms with van der Waals surface area (Å²) in [5.41, 5.74) is 7.62. The van der Waals surface area contributed by atoms with Crippen molar-refractivity contribution in [2.45, 2.75) is 56.3 Å². The molecular formula is C16H24ClNO2. The van der Waals surface area contributed by atoms with Gasteiger partial charge in [0, 0.05) is 30.0 Å². The molecule has 1 saturated carbocycles. The molecule has 0 heterocycles. The molecule has 0 bridgehead atoms. The zero-order chi connectivity index (χ0) is 14.8. The van der Waals surface area contributed by atoms with Gasteiger partial charge in [0.1, 0.15) is 0 Å². The third-order valence-electron chi connectivity index (χ3n) is 4.85. The Labute approximate surface area is 126 Å². The normalized spacial score (nSPS) is 21.9. The molecule has 1 aromatic rings. The summed E-state index contributed by atoms with van der Waals surface area (Å²) in [6.45, 7) is 1.91. The summed E-state index contributed by atoms with van der Waals surface area (Å²) in [6.07, 6.45) is 4.27. The van der Waals surface area contributed by atoms with Crippen LogP contribution in [0.1, 0.15) is 44.6 Å². The molecule has 3 N–H and O–H groups in total. The van der Waals surface area contributed by atoms with Crippen molar-refractivity contribution in [2.24, 2.45) is 5.73 Å². The maximum Gasteiger partial charge on any atom is 0.166 e. The molecule has 0 aliphatic heterocycles. The second-order valence-electron chi connectivity index (χ2n) is 5.83. The van der Waals surface area contributed by atoms with E-state index in [0.717, 1.165) is 17.9 Å². The molecule has 2 atom stereocenters. The Morgan fingerprint density at radius 1 is 1.40 bits per heavy atom. The fourth-order valence-corrected chi connectivity index (χ4v) is 3.25. The molecule has 112 valence electrons. The van der Waals surface area contributed by atoms with E-state index in [0.29, 0.717) is 12.8 Å². The van der Waals surface area contributed by atoms with Crippen molar-refractivity contribution < 1.29 is 9.84 Å². The highest BCUT2D eigenvalue weighted by Crippen LogP contribution is 2.47. The van der Waals surface area contributed by atoms with Gasteiger partial charge >= 0.3 is 0 Å². The minimum atomic E-state index is -1.13. The predicted octanol–water partition coefficient (Wildman–Crippen LogP) is 3.22. The number of benzene rings is 1. The topological polar surface area (TPSA) is 55.5 Å². The number of aliphatic hydroxyl groups is 1. The van der Waals surface area contributed by atoms with Gasteiger partial charge in [0.15, 0.2) is 5.79 Å². The minimum absolute atomic E-state index is 0.0493. The highest BCUT2D eigenvalue weighted by atomic mass is 35.5. The third kappa shape index (κ3) is 2.86. The smallest absolute Gasteiger partial charge is 0.166 e. The average molecular weight is 298 g/mol. The molecule has 1 aromatic carbocycles. The van der Waals surface area contributed by atoms with E-state index in [-0.39, 0.29) is 11.5 Å². The van der Waals surface area contributed by atoms with Gasteiger partial charge in [-0.2, -0.15) is 0 Å². The van der Waals surface area contributed by atoms with Crippen molar-refractivity contribution in [1.82, 2.24) is 0 Å². The number of rotatable bonds is 6. The van der Waals surface area contributed by atoms with Gasteiger partial charge < -0.3 is 15.6 Å². The number of ether oxygens (including phenoxy) is 1. The van der Waals surface area contributed by atoms with Crippen LogP contribution >= 0.6 is 11.6 Å². The summed E-state index contributed by atoms with van der Waals surface area (Å²) in [7, 11) is 1.53. The van der Waals surface area contributed by atoms with E-state index in [9.17, 15) is 5.11 Å². The number of hydrogen-bond acceptors (Lipinski definition) is 3. The van der Waals surface area contributed by atoms with Crippen LogP contribution in [-0.2, 0) is 10.2 Å². The van der Waals surface area contributed by atoms with Gasteiger partial charge in [0.2, 0.25) is 0 Å². The first kappa shape index (κ1) is 15.8. The van der Waals surface area contributed by atoms with E-state index in [1.54, 1.807) is 0 Å². The molecule has 1 aliphatic carbocycles. The van der Waals surface area contributed by atoms with E-state index in [2.05, 4.69) is 12.1 Å². The van der Waals surface area contributed by atoms with Crippen molar-refractivity contribution in [3.8, 4) is 0 Å². The van der Waals surface area contributed by atoms with E-state index in [1.807, 2.05) is 19.1 Å². The van der Waals surface area contributed by atoms with Crippen LogP contribution in [-0.4, -0.2) is 24.0 Å². The maximum atomic E-state index is 10.3. The van der Waals surface area contributed by atoms with Gasteiger partial charge in [-0.1, -0.05) is 37.1 Å². The van der Waals surface area contributed by atoms with E-state index in [1.165, 1.54) is 19.1 Å². The molecule has 0 aromatic heterocycles. The number of nitrogens with two attached hydrogens (primary N) is 1. The van der Waals surface area contributed by atoms with Crippen LogP contribution in [0.2, 0.25) is 5.02 Å². The summed E-state index contributed by atoms with van der Waals surface area (Å²) in [5, 5.41) is 11.1. The largest absolute Gasteiger partial charge is 0.365 e. The lowest BCUT2D eigenvalue weighted by atomic mass is 9.59. The molecular weight excluding hydrogens is 274 g/mol. The fraction of sp³-hybridized carbons (Fsp3) is 0.625. The van der Waals surface area contributed by atoms with Gasteiger partial charge in [0.05, 0.1) is 0 Å².